The Morgan fingerprint density at radius 3 is 1.73 bits per heavy atom. The molecule has 4 rings (SSSR count). The van der Waals surface area contributed by atoms with Crippen LogP contribution in [0.15, 0.2) is 30.3 Å². The first-order valence-electron chi connectivity index (χ1n) is 12.3. The third kappa shape index (κ3) is 10.9. The van der Waals surface area contributed by atoms with Crippen molar-refractivity contribution < 1.29 is 46.1 Å². The number of hydrogen-bond acceptors (Lipinski definition) is 4. The predicted octanol–water partition coefficient (Wildman–Crippen LogP) is 5.08. The van der Waals surface area contributed by atoms with Crippen molar-refractivity contribution >= 4 is 11.9 Å². The lowest BCUT2D eigenvalue weighted by molar-refractivity contribution is -0.193. The van der Waals surface area contributed by atoms with E-state index in [0.29, 0.717) is 0 Å². The maximum atomic E-state index is 10.6. The van der Waals surface area contributed by atoms with Gasteiger partial charge < -0.3 is 20.0 Å². The number of carboxylic acid groups (broad SMARTS) is 2. The summed E-state index contributed by atoms with van der Waals surface area (Å²) in [6.45, 7) is 7.75. The van der Waals surface area contributed by atoms with Gasteiger partial charge in [-0.15, -0.1) is 0 Å². The molecular formula is C25H34F6N2O4. The van der Waals surface area contributed by atoms with Crippen LogP contribution >= 0.6 is 0 Å². The fourth-order valence-corrected chi connectivity index (χ4v) is 5.00. The highest BCUT2D eigenvalue weighted by Gasteiger charge is 2.53. The van der Waals surface area contributed by atoms with Crippen LogP contribution in [0.1, 0.15) is 44.1 Å². The van der Waals surface area contributed by atoms with E-state index in [-0.39, 0.29) is 0 Å². The smallest absolute Gasteiger partial charge is 0.475 e. The van der Waals surface area contributed by atoms with Gasteiger partial charge in [-0.05, 0) is 42.6 Å². The van der Waals surface area contributed by atoms with Gasteiger partial charge in [-0.1, -0.05) is 49.6 Å². The summed E-state index contributed by atoms with van der Waals surface area (Å²) in [6.07, 6.45) is 0.152. The van der Waals surface area contributed by atoms with Gasteiger partial charge in [0, 0.05) is 39.3 Å². The minimum Gasteiger partial charge on any atom is -0.475 e. The molecule has 3 aliphatic rings. The molecule has 2 aliphatic carbocycles. The number of rotatable bonds is 5. The second-order valence-corrected chi connectivity index (χ2v) is 9.81. The number of carboxylic acids is 2. The molecule has 0 bridgehead atoms. The summed E-state index contributed by atoms with van der Waals surface area (Å²) in [7, 11) is 0. The van der Waals surface area contributed by atoms with E-state index in [2.05, 4.69) is 40.1 Å². The SMILES string of the molecule is O=C(O)C(F)(F)F.O=C(O)C(F)(F)F.c1ccc(CCN2CCN(CC3CC34CCCCC4)CC2)cc1. The highest BCUT2D eigenvalue weighted by Crippen LogP contribution is 2.61. The number of piperazine rings is 1. The Bertz CT molecular complexity index is 825. The van der Waals surface area contributed by atoms with Crippen molar-refractivity contribution in [2.75, 3.05) is 39.3 Å². The van der Waals surface area contributed by atoms with Crippen LogP contribution in [0.25, 0.3) is 0 Å². The first-order valence-corrected chi connectivity index (χ1v) is 12.3. The molecule has 1 heterocycles. The van der Waals surface area contributed by atoms with Crippen LogP contribution in [0, 0.1) is 11.3 Å². The van der Waals surface area contributed by atoms with E-state index in [9.17, 15) is 26.3 Å². The summed E-state index contributed by atoms with van der Waals surface area (Å²) < 4.78 is 63.5. The molecule has 12 heteroatoms. The number of carbonyl (C=O) groups is 2. The lowest BCUT2D eigenvalue weighted by Crippen LogP contribution is -2.47. The lowest BCUT2D eigenvalue weighted by atomic mass is 9.84. The fraction of sp³-hybridized carbons (Fsp3) is 0.680. The average molecular weight is 541 g/mol. The monoisotopic (exact) mass is 540 g/mol. The molecule has 6 nitrogen and oxygen atoms in total. The predicted molar refractivity (Wildman–Crippen MR) is 124 cm³/mol. The van der Waals surface area contributed by atoms with Crippen LogP contribution in [0.4, 0.5) is 26.3 Å². The van der Waals surface area contributed by atoms with Gasteiger partial charge in [-0.2, -0.15) is 26.3 Å². The van der Waals surface area contributed by atoms with Crippen molar-refractivity contribution in [2.45, 2.75) is 57.3 Å². The first-order chi connectivity index (χ1) is 17.2. The molecule has 0 amide bonds. The molecule has 210 valence electrons. The van der Waals surface area contributed by atoms with Crippen molar-refractivity contribution in [1.29, 1.82) is 0 Å². The molecule has 1 aromatic carbocycles. The normalized spacial score (nSPS) is 21.7. The third-order valence-electron chi connectivity index (χ3n) is 7.20. The van der Waals surface area contributed by atoms with Gasteiger partial charge in [0.05, 0.1) is 0 Å². The first kappa shape index (κ1) is 30.9. The molecule has 2 N–H and O–H groups in total. The molecular weight excluding hydrogens is 506 g/mol. The number of aliphatic carboxylic acids is 2. The minimum atomic E-state index is -5.08. The zero-order chi connectivity index (χ0) is 27.7. The Labute approximate surface area is 212 Å². The zero-order valence-electron chi connectivity index (χ0n) is 20.5. The number of halogens is 6. The van der Waals surface area contributed by atoms with Crippen LogP contribution in [-0.4, -0.2) is 83.6 Å². The molecule has 1 aliphatic heterocycles. The average Bonchev–Trinajstić information content (AvgIpc) is 3.49. The van der Waals surface area contributed by atoms with Crippen LogP contribution in [0.2, 0.25) is 0 Å². The highest BCUT2D eigenvalue weighted by atomic mass is 19.4. The summed E-state index contributed by atoms with van der Waals surface area (Å²) in [4.78, 5) is 23.2. The molecule has 2 saturated carbocycles. The standard InChI is InChI=1S/C21H32N2.2C2HF3O2/c1-3-7-19(8-4-1)9-12-22-13-15-23(16-14-22)18-20-17-21(20)10-5-2-6-11-21;2*3-2(4,5)1(6)7/h1,3-4,7-8,20H,2,5-6,9-18H2;2*(H,6,7). The van der Waals surface area contributed by atoms with Gasteiger partial charge in [-0.25, -0.2) is 9.59 Å². The van der Waals surface area contributed by atoms with E-state index in [4.69, 9.17) is 19.8 Å². The number of nitrogens with zero attached hydrogens (tertiary/aromatic N) is 2. The molecule has 37 heavy (non-hydrogen) atoms. The van der Waals surface area contributed by atoms with Gasteiger partial charge in [0.1, 0.15) is 0 Å². The maximum Gasteiger partial charge on any atom is 0.490 e. The molecule has 1 spiro atoms. The van der Waals surface area contributed by atoms with Crippen LogP contribution in [0.3, 0.4) is 0 Å². The molecule has 1 atom stereocenters. The second-order valence-electron chi connectivity index (χ2n) is 9.81. The molecule has 1 saturated heterocycles. The lowest BCUT2D eigenvalue weighted by Gasteiger charge is -2.35. The summed E-state index contributed by atoms with van der Waals surface area (Å²) in [5, 5.41) is 14.2. The topological polar surface area (TPSA) is 81.1 Å². The Balaban J connectivity index is 0.000000286. The molecule has 0 aromatic heterocycles. The van der Waals surface area contributed by atoms with E-state index in [1.807, 2.05) is 0 Å². The summed E-state index contributed by atoms with van der Waals surface area (Å²) in [5.74, 6) is -4.47. The van der Waals surface area contributed by atoms with Crippen LogP contribution in [0.5, 0.6) is 0 Å². The number of hydrogen-bond donors (Lipinski definition) is 2. The van der Waals surface area contributed by atoms with Crippen molar-refractivity contribution in [3.63, 3.8) is 0 Å². The van der Waals surface area contributed by atoms with E-state index in [1.54, 1.807) is 6.42 Å². The van der Waals surface area contributed by atoms with Gasteiger partial charge in [-0.3, -0.25) is 0 Å². The van der Waals surface area contributed by atoms with Crippen molar-refractivity contribution in [1.82, 2.24) is 9.80 Å². The Kier molecular flexibility index (Phi) is 11.2. The zero-order valence-corrected chi connectivity index (χ0v) is 20.5. The van der Waals surface area contributed by atoms with Crippen molar-refractivity contribution in [2.24, 2.45) is 11.3 Å². The van der Waals surface area contributed by atoms with Gasteiger partial charge in [0.15, 0.2) is 0 Å². The quantitative estimate of drug-likeness (QED) is 0.507. The molecule has 3 fully saturated rings. The number of benzene rings is 1. The summed E-state index contributed by atoms with van der Waals surface area (Å²) in [6, 6.07) is 10.9. The van der Waals surface area contributed by atoms with Gasteiger partial charge in [0.2, 0.25) is 0 Å². The second kappa shape index (κ2) is 13.5. The summed E-state index contributed by atoms with van der Waals surface area (Å²) in [5.41, 5.74) is 2.29. The fourth-order valence-electron chi connectivity index (χ4n) is 5.00. The van der Waals surface area contributed by atoms with E-state index < -0.39 is 24.3 Å². The molecule has 1 aromatic rings. The van der Waals surface area contributed by atoms with E-state index in [1.165, 1.54) is 83.4 Å². The van der Waals surface area contributed by atoms with Crippen molar-refractivity contribution in [3.05, 3.63) is 35.9 Å². The molecule has 1 unspecified atom stereocenters. The van der Waals surface area contributed by atoms with E-state index >= 15 is 0 Å². The number of alkyl halides is 6. The van der Waals surface area contributed by atoms with Gasteiger partial charge >= 0.3 is 24.3 Å². The minimum absolute atomic E-state index is 0.808. The Morgan fingerprint density at radius 2 is 1.27 bits per heavy atom. The highest BCUT2D eigenvalue weighted by molar-refractivity contribution is 5.73. The van der Waals surface area contributed by atoms with Gasteiger partial charge in [0.25, 0.3) is 0 Å². The molecule has 0 radical (unpaired) electrons. The third-order valence-corrected chi connectivity index (χ3v) is 7.20. The van der Waals surface area contributed by atoms with Crippen LogP contribution < -0.4 is 0 Å². The Hall–Kier alpha value is -2.34. The Morgan fingerprint density at radius 1 is 0.811 bits per heavy atom. The summed E-state index contributed by atoms with van der Waals surface area (Å²) >= 11 is 0. The maximum absolute atomic E-state index is 10.6. The van der Waals surface area contributed by atoms with Crippen molar-refractivity contribution in [3.8, 4) is 0 Å². The van der Waals surface area contributed by atoms with E-state index in [0.717, 1.165) is 11.3 Å². The van der Waals surface area contributed by atoms with Crippen LogP contribution in [-0.2, 0) is 16.0 Å². The largest absolute Gasteiger partial charge is 0.490 e.